The minimum Gasteiger partial charge on any atom is -0.370 e. The molecule has 0 saturated carbocycles. The van der Waals surface area contributed by atoms with Crippen molar-refractivity contribution < 1.29 is 22.3 Å². The first-order valence-electron chi connectivity index (χ1n) is 6.27. The molecule has 21 heavy (non-hydrogen) atoms. The molecule has 1 atom stereocenters. The van der Waals surface area contributed by atoms with Gasteiger partial charge < -0.3 is 10.1 Å². The Morgan fingerprint density at radius 1 is 1.38 bits per heavy atom. The van der Waals surface area contributed by atoms with Crippen LogP contribution < -0.4 is 5.32 Å². The molecule has 120 valence electrons. The third-order valence-electron chi connectivity index (χ3n) is 2.63. The van der Waals surface area contributed by atoms with Gasteiger partial charge in [0.2, 0.25) is 0 Å². The quantitative estimate of drug-likeness (QED) is 0.528. The molecular formula is C13H15BrClF4NO. The second-order valence-electron chi connectivity index (χ2n) is 4.40. The van der Waals surface area contributed by atoms with E-state index < -0.39 is 24.6 Å². The summed E-state index contributed by atoms with van der Waals surface area (Å²) in [7, 11) is 0. The van der Waals surface area contributed by atoms with Crippen molar-refractivity contribution in [3.8, 4) is 0 Å². The molecule has 1 aromatic carbocycles. The van der Waals surface area contributed by atoms with Crippen LogP contribution in [0, 0.1) is 5.82 Å². The Kier molecular flexibility index (Phi) is 7.39. The molecule has 0 heterocycles. The summed E-state index contributed by atoms with van der Waals surface area (Å²) in [5.41, 5.74) is 0.179. The third-order valence-corrected chi connectivity index (χ3v) is 3.89. The van der Waals surface area contributed by atoms with Crippen LogP contribution in [0.1, 0.15) is 24.9 Å². The first kappa shape index (κ1) is 18.7. The summed E-state index contributed by atoms with van der Waals surface area (Å²) in [5.74, 6) is -0.671. The molecule has 1 aromatic rings. The van der Waals surface area contributed by atoms with Crippen LogP contribution >= 0.6 is 27.5 Å². The first-order chi connectivity index (χ1) is 9.76. The fourth-order valence-corrected chi connectivity index (χ4v) is 2.16. The Bertz CT molecular complexity index is 470. The molecule has 0 spiro atoms. The van der Waals surface area contributed by atoms with E-state index in [-0.39, 0.29) is 17.2 Å². The number of hydrogen-bond donors (Lipinski definition) is 1. The Labute approximate surface area is 133 Å². The zero-order valence-electron chi connectivity index (χ0n) is 11.2. The van der Waals surface area contributed by atoms with E-state index in [1.54, 1.807) is 6.07 Å². The van der Waals surface area contributed by atoms with Crippen LogP contribution in [0.25, 0.3) is 0 Å². The molecule has 0 fully saturated rings. The summed E-state index contributed by atoms with van der Waals surface area (Å²) in [6.07, 6.45) is -3.66. The van der Waals surface area contributed by atoms with Crippen molar-refractivity contribution in [3.05, 3.63) is 33.0 Å². The number of nitrogens with one attached hydrogen (secondary N) is 1. The largest absolute Gasteiger partial charge is 0.411 e. The average molecular weight is 393 g/mol. The highest BCUT2D eigenvalue weighted by Gasteiger charge is 2.28. The van der Waals surface area contributed by atoms with E-state index in [1.165, 1.54) is 6.07 Å². The van der Waals surface area contributed by atoms with E-state index in [9.17, 15) is 17.6 Å². The highest BCUT2D eigenvalue weighted by Crippen LogP contribution is 2.30. The van der Waals surface area contributed by atoms with E-state index in [2.05, 4.69) is 26.0 Å². The minimum absolute atomic E-state index is 0.105. The average Bonchev–Trinajstić information content (AvgIpc) is 2.39. The third kappa shape index (κ3) is 6.10. The molecule has 0 radical (unpaired) electrons. The predicted molar refractivity (Wildman–Crippen MR) is 77.0 cm³/mol. The van der Waals surface area contributed by atoms with Crippen LogP contribution in [0.2, 0.25) is 5.02 Å². The number of ether oxygens (including phenoxy) is 1. The van der Waals surface area contributed by atoms with Gasteiger partial charge in [-0.2, -0.15) is 13.2 Å². The van der Waals surface area contributed by atoms with Crippen molar-refractivity contribution >= 4 is 27.5 Å². The van der Waals surface area contributed by atoms with Gasteiger partial charge in [-0.05, 0) is 35.0 Å². The van der Waals surface area contributed by atoms with Gasteiger partial charge >= 0.3 is 6.18 Å². The zero-order chi connectivity index (χ0) is 16.0. The van der Waals surface area contributed by atoms with Crippen molar-refractivity contribution in [1.29, 1.82) is 0 Å². The molecule has 0 aromatic heterocycles. The monoisotopic (exact) mass is 391 g/mol. The van der Waals surface area contributed by atoms with Gasteiger partial charge in [0, 0.05) is 10.0 Å². The molecule has 1 N–H and O–H groups in total. The second kappa shape index (κ2) is 8.31. The second-order valence-corrected chi connectivity index (χ2v) is 5.63. The highest BCUT2D eigenvalue weighted by molar-refractivity contribution is 9.10. The number of rotatable bonds is 7. The van der Waals surface area contributed by atoms with E-state index in [0.29, 0.717) is 11.0 Å². The fourth-order valence-electron chi connectivity index (χ4n) is 1.68. The number of benzene rings is 1. The summed E-state index contributed by atoms with van der Waals surface area (Å²) in [6, 6.07) is 2.32. The summed E-state index contributed by atoms with van der Waals surface area (Å²) < 4.78 is 55.5. The van der Waals surface area contributed by atoms with Gasteiger partial charge in [-0.25, -0.2) is 4.39 Å². The van der Waals surface area contributed by atoms with Crippen molar-refractivity contribution in [2.45, 2.75) is 25.6 Å². The van der Waals surface area contributed by atoms with Crippen molar-refractivity contribution in [1.82, 2.24) is 5.32 Å². The normalized spacial score (nSPS) is 13.5. The standard InChI is InChI=1S/C13H15BrClF4NO/c1-2-5-20-10(6-21-7-13(17,18)19)8-3-4-9(14)11(15)12(8)16/h3-4,10,20H,2,5-7H2,1H3. The number of alkyl halides is 3. The zero-order valence-corrected chi connectivity index (χ0v) is 13.6. The van der Waals surface area contributed by atoms with Gasteiger partial charge in [-0.15, -0.1) is 0 Å². The van der Waals surface area contributed by atoms with Gasteiger partial charge in [0.1, 0.15) is 12.4 Å². The molecule has 2 nitrogen and oxygen atoms in total. The first-order valence-corrected chi connectivity index (χ1v) is 7.44. The lowest BCUT2D eigenvalue weighted by Crippen LogP contribution is -2.29. The Morgan fingerprint density at radius 2 is 2.05 bits per heavy atom. The van der Waals surface area contributed by atoms with E-state index in [1.807, 2.05) is 6.92 Å². The molecule has 0 saturated heterocycles. The topological polar surface area (TPSA) is 21.3 Å². The summed E-state index contributed by atoms with van der Waals surface area (Å²) in [6.45, 7) is 0.746. The van der Waals surface area contributed by atoms with Crippen molar-refractivity contribution in [2.75, 3.05) is 19.8 Å². The molecule has 0 amide bonds. The summed E-state index contributed by atoms with van der Waals surface area (Å²) in [4.78, 5) is 0. The Morgan fingerprint density at radius 3 is 2.62 bits per heavy atom. The maximum atomic E-state index is 14.1. The minimum atomic E-state index is -4.41. The summed E-state index contributed by atoms with van der Waals surface area (Å²) in [5, 5.41) is 2.85. The molecule has 0 bridgehead atoms. The van der Waals surface area contributed by atoms with Crippen LogP contribution in [0.5, 0.6) is 0 Å². The maximum absolute atomic E-state index is 14.1. The molecule has 8 heteroatoms. The van der Waals surface area contributed by atoms with Crippen LogP contribution in [0.3, 0.4) is 0 Å². The van der Waals surface area contributed by atoms with Crippen LogP contribution in [0.15, 0.2) is 16.6 Å². The number of hydrogen-bond acceptors (Lipinski definition) is 2. The van der Waals surface area contributed by atoms with Crippen molar-refractivity contribution in [3.63, 3.8) is 0 Å². The van der Waals surface area contributed by atoms with Gasteiger partial charge in [-0.1, -0.05) is 24.6 Å². The fraction of sp³-hybridized carbons (Fsp3) is 0.538. The lowest BCUT2D eigenvalue weighted by molar-refractivity contribution is -0.175. The highest BCUT2D eigenvalue weighted by atomic mass is 79.9. The van der Waals surface area contributed by atoms with Crippen molar-refractivity contribution in [2.24, 2.45) is 0 Å². The number of halogens is 6. The van der Waals surface area contributed by atoms with E-state index >= 15 is 0 Å². The lowest BCUT2D eigenvalue weighted by Gasteiger charge is -2.21. The molecular weight excluding hydrogens is 377 g/mol. The molecule has 1 rings (SSSR count). The lowest BCUT2D eigenvalue weighted by atomic mass is 10.1. The Hall–Kier alpha value is -0.370. The molecule has 0 aliphatic heterocycles. The van der Waals surface area contributed by atoms with Crippen LogP contribution in [-0.2, 0) is 4.74 Å². The molecule has 1 unspecified atom stereocenters. The SMILES string of the molecule is CCCNC(COCC(F)(F)F)c1ccc(Br)c(Cl)c1F. The van der Waals surface area contributed by atoms with Gasteiger partial charge in [-0.3, -0.25) is 0 Å². The summed E-state index contributed by atoms with van der Waals surface area (Å²) >= 11 is 8.89. The Balaban J connectivity index is 2.84. The van der Waals surface area contributed by atoms with Gasteiger partial charge in [0.25, 0.3) is 0 Å². The maximum Gasteiger partial charge on any atom is 0.411 e. The van der Waals surface area contributed by atoms with E-state index in [4.69, 9.17) is 11.6 Å². The molecule has 0 aliphatic rings. The van der Waals surface area contributed by atoms with Crippen LogP contribution in [-0.4, -0.2) is 25.9 Å². The van der Waals surface area contributed by atoms with Gasteiger partial charge in [0.15, 0.2) is 0 Å². The smallest absolute Gasteiger partial charge is 0.370 e. The predicted octanol–water partition coefficient (Wildman–Crippen LogP) is 4.86. The van der Waals surface area contributed by atoms with E-state index in [0.717, 1.165) is 6.42 Å². The van der Waals surface area contributed by atoms with Gasteiger partial charge in [0.05, 0.1) is 17.7 Å². The molecule has 0 aliphatic carbocycles. The van der Waals surface area contributed by atoms with Crippen LogP contribution in [0.4, 0.5) is 17.6 Å².